The van der Waals surface area contributed by atoms with Crippen LogP contribution >= 0.6 is 0 Å². The predicted octanol–water partition coefficient (Wildman–Crippen LogP) is 1.42. The van der Waals surface area contributed by atoms with Crippen LogP contribution in [0, 0.1) is 0 Å². The van der Waals surface area contributed by atoms with E-state index in [1.54, 1.807) is 6.08 Å². The van der Waals surface area contributed by atoms with Gasteiger partial charge in [-0.1, -0.05) is 18.2 Å². The number of rotatable bonds is 3. The normalized spacial score (nSPS) is 21.7. The van der Waals surface area contributed by atoms with Crippen LogP contribution in [0.2, 0.25) is 0 Å². The van der Waals surface area contributed by atoms with E-state index in [0.717, 1.165) is 12.0 Å². The summed E-state index contributed by atoms with van der Waals surface area (Å²) < 4.78 is 0. The molecule has 1 aliphatic rings. The number of nitrogens with zero attached hydrogens (tertiary/aromatic N) is 1. The van der Waals surface area contributed by atoms with Crippen LogP contribution in [0.25, 0.3) is 0 Å². The van der Waals surface area contributed by atoms with Crippen molar-refractivity contribution in [3.63, 3.8) is 0 Å². The van der Waals surface area contributed by atoms with Gasteiger partial charge >= 0.3 is 5.97 Å². The molecule has 0 saturated heterocycles. The van der Waals surface area contributed by atoms with E-state index in [-0.39, 0.29) is 12.5 Å². The molecule has 0 fully saturated rings. The SMILES string of the molecule is C=NC1C=CC(CC(=O)O)=CC1. The fourth-order valence-electron chi connectivity index (χ4n) is 1.09. The molecule has 0 amide bonds. The lowest BCUT2D eigenvalue weighted by molar-refractivity contribution is -0.136. The summed E-state index contributed by atoms with van der Waals surface area (Å²) in [5, 5.41) is 8.48. The molecule has 0 bridgehead atoms. The van der Waals surface area contributed by atoms with Crippen LogP contribution in [0.15, 0.2) is 28.8 Å². The summed E-state index contributed by atoms with van der Waals surface area (Å²) in [6.45, 7) is 3.42. The number of hydrogen-bond donors (Lipinski definition) is 1. The van der Waals surface area contributed by atoms with Gasteiger partial charge in [-0.15, -0.1) is 0 Å². The molecule has 3 nitrogen and oxygen atoms in total. The summed E-state index contributed by atoms with van der Waals surface area (Å²) in [6, 6.07) is 0.127. The summed E-state index contributed by atoms with van der Waals surface area (Å²) in [4.78, 5) is 14.1. The van der Waals surface area contributed by atoms with E-state index in [9.17, 15) is 4.79 Å². The van der Waals surface area contributed by atoms with Gasteiger partial charge in [0.2, 0.25) is 0 Å². The smallest absolute Gasteiger partial charge is 0.307 e. The lowest BCUT2D eigenvalue weighted by Gasteiger charge is -2.09. The Morgan fingerprint density at radius 3 is 3.00 bits per heavy atom. The number of aliphatic carboxylic acids is 1. The van der Waals surface area contributed by atoms with Gasteiger partial charge in [-0.25, -0.2) is 0 Å². The third kappa shape index (κ3) is 2.34. The third-order valence-electron chi connectivity index (χ3n) is 1.74. The molecule has 0 aromatic heterocycles. The van der Waals surface area contributed by atoms with Crippen LogP contribution in [0.5, 0.6) is 0 Å². The quantitative estimate of drug-likeness (QED) is 0.643. The zero-order valence-electron chi connectivity index (χ0n) is 6.73. The van der Waals surface area contributed by atoms with Crippen molar-refractivity contribution in [3.05, 3.63) is 23.8 Å². The minimum absolute atomic E-state index is 0.0976. The Kier molecular flexibility index (Phi) is 2.80. The van der Waals surface area contributed by atoms with Gasteiger partial charge in [0, 0.05) is 0 Å². The van der Waals surface area contributed by atoms with Gasteiger partial charge in [0.1, 0.15) is 0 Å². The molecule has 1 unspecified atom stereocenters. The summed E-state index contributed by atoms with van der Waals surface area (Å²) in [5.41, 5.74) is 0.849. The molecule has 1 rings (SSSR count). The summed E-state index contributed by atoms with van der Waals surface area (Å²) in [7, 11) is 0. The second-order valence-electron chi connectivity index (χ2n) is 2.69. The van der Waals surface area contributed by atoms with Crippen LogP contribution in [0.1, 0.15) is 12.8 Å². The van der Waals surface area contributed by atoms with Crippen molar-refractivity contribution >= 4 is 12.7 Å². The molecular formula is C9H11NO2. The number of hydrogen-bond acceptors (Lipinski definition) is 2. The average Bonchev–Trinajstić information content (AvgIpc) is 2.05. The van der Waals surface area contributed by atoms with Gasteiger partial charge in [-0.05, 0) is 18.7 Å². The average molecular weight is 165 g/mol. The monoisotopic (exact) mass is 165 g/mol. The molecule has 0 radical (unpaired) electrons. The number of carboxylic acid groups (broad SMARTS) is 1. The Bertz CT molecular complexity index is 253. The van der Waals surface area contributed by atoms with Gasteiger partial charge in [0.15, 0.2) is 0 Å². The molecule has 0 aromatic rings. The zero-order valence-corrected chi connectivity index (χ0v) is 6.73. The van der Waals surface area contributed by atoms with Crippen molar-refractivity contribution in [2.24, 2.45) is 4.99 Å². The van der Waals surface area contributed by atoms with E-state index in [1.165, 1.54) is 0 Å². The van der Waals surface area contributed by atoms with Gasteiger partial charge < -0.3 is 5.11 Å². The first-order valence-electron chi connectivity index (χ1n) is 3.77. The van der Waals surface area contributed by atoms with Crippen LogP contribution in [0.3, 0.4) is 0 Å². The molecule has 1 atom stereocenters. The molecule has 0 spiro atoms. The highest BCUT2D eigenvalue weighted by atomic mass is 16.4. The van der Waals surface area contributed by atoms with Crippen LogP contribution < -0.4 is 0 Å². The fourth-order valence-corrected chi connectivity index (χ4v) is 1.09. The van der Waals surface area contributed by atoms with E-state index < -0.39 is 5.97 Å². The Balaban J connectivity index is 2.52. The van der Waals surface area contributed by atoms with E-state index in [0.29, 0.717) is 0 Å². The summed E-state index contributed by atoms with van der Waals surface area (Å²) in [5.74, 6) is -0.795. The molecule has 0 heterocycles. The molecular weight excluding hydrogens is 154 g/mol. The van der Waals surface area contributed by atoms with Gasteiger partial charge in [-0.3, -0.25) is 9.79 Å². The van der Waals surface area contributed by atoms with E-state index in [2.05, 4.69) is 11.7 Å². The number of carbonyl (C=O) groups is 1. The highest BCUT2D eigenvalue weighted by Crippen LogP contribution is 2.15. The Hall–Kier alpha value is -1.38. The lowest BCUT2D eigenvalue weighted by atomic mass is 10.0. The number of allylic oxidation sites excluding steroid dienone is 1. The minimum atomic E-state index is -0.795. The predicted molar refractivity (Wildman–Crippen MR) is 47.4 cm³/mol. The molecule has 1 N–H and O–H groups in total. The molecule has 1 aliphatic carbocycles. The first-order chi connectivity index (χ1) is 5.72. The molecule has 0 aromatic carbocycles. The fraction of sp³-hybridized carbons (Fsp3) is 0.333. The van der Waals surface area contributed by atoms with Crippen molar-refractivity contribution in [2.45, 2.75) is 18.9 Å². The Morgan fingerprint density at radius 1 is 1.83 bits per heavy atom. The van der Waals surface area contributed by atoms with Crippen LogP contribution in [-0.2, 0) is 4.79 Å². The maximum absolute atomic E-state index is 10.3. The third-order valence-corrected chi connectivity index (χ3v) is 1.74. The van der Waals surface area contributed by atoms with Gasteiger partial charge in [0.25, 0.3) is 0 Å². The minimum Gasteiger partial charge on any atom is -0.481 e. The molecule has 12 heavy (non-hydrogen) atoms. The highest BCUT2D eigenvalue weighted by molar-refractivity contribution is 5.71. The van der Waals surface area contributed by atoms with Crippen molar-refractivity contribution in [2.75, 3.05) is 0 Å². The first-order valence-corrected chi connectivity index (χ1v) is 3.77. The van der Waals surface area contributed by atoms with E-state index in [4.69, 9.17) is 5.11 Å². The Morgan fingerprint density at radius 2 is 2.58 bits per heavy atom. The zero-order chi connectivity index (χ0) is 8.97. The topological polar surface area (TPSA) is 49.7 Å². The second kappa shape index (κ2) is 3.85. The molecule has 0 saturated carbocycles. The number of aliphatic imine (C=N–C) groups is 1. The summed E-state index contributed by atoms with van der Waals surface area (Å²) >= 11 is 0. The van der Waals surface area contributed by atoms with E-state index >= 15 is 0 Å². The van der Waals surface area contributed by atoms with Crippen molar-refractivity contribution in [1.82, 2.24) is 0 Å². The van der Waals surface area contributed by atoms with Crippen LogP contribution in [0.4, 0.5) is 0 Å². The van der Waals surface area contributed by atoms with Gasteiger partial charge in [0.05, 0.1) is 12.5 Å². The maximum atomic E-state index is 10.3. The van der Waals surface area contributed by atoms with Gasteiger partial charge in [-0.2, -0.15) is 0 Å². The summed E-state index contributed by atoms with van der Waals surface area (Å²) in [6.07, 6.45) is 6.44. The Labute approximate surface area is 71.1 Å². The van der Waals surface area contributed by atoms with Crippen molar-refractivity contribution in [1.29, 1.82) is 0 Å². The molecule has 64 valence electrons. The lowest BCUT2D eigenvalue weighted by Crippen LogP contribution is -2.04. The maximum Gasteiger partial charge on any atom is 0.307 e. The van der Waals surface area contributed by atoms with Crippen LogP contribution in [-0.4, -0.2) is 23.8 Å². The number of carboxylic acids is 1. The van der Waals surface area contributed by atoms with E-state index in [1.807, 2.05) is 12.2 Å². The second-order valence-corrected chi connectivity index (χ2v) is 2.69. The molecule has 3 heteroatoms. The standard InChI is InChI=1S/C9H11NO2/c1-10-8-4-2-7(3-5-8)6-9(11)12/h2-4,8H,1,5-6H2,(H,11,12). The highest BCUT2D eigenvalue weighted by Gasteiger charge is 2.07. The van der Waals surface area contributed by atoms with Crippen molar-refractivity contribution < 1.29 is 9.90 Å². The molecule has 0 aliphatic heterocycles. The largest absolute Gasteiger partial charge is 0.481 e. The van der Waals surface area contributed by atoms with Crippen molar-refractivity contribution in [3.8, 4) is 0 Å². The first kappa shape index (κ1) is 8.71.